The molecular formula is C20H21N3O5. The second-order valence-corrected chi connectivity index (χ2v) is 6.75. The number of carbonyl (C=O) groups is 3. The Hall–Kier alpha value is -3.42. The Labute approximate surface area is 161 Å². The van der Waals surface area contributed by atoms with Gasteiger partial charge in [-0.05, 0) is 43.5 Å². The molecule has 0 radical (unpaired) electrons. The van der Waals surface area contributed by atoms with E-state index in [1.165, 1.54) is 33.9 Å². The van der Waals surface area contributed by atoms with Crippen molar-refractivity contribution in [1.82, 2.24) is 9.47 Å². The van der Waals surface area contributed by atoms with Gasteiger partial charge >= 0.3 is 5.97 Å². The molecule has 2 amide bonds. The van der Waals surface area contributed by atoms with Crippen LogP contribution in [0.25, 0.3) is 0 Å². The summed E-state index contributed by atoms with van der Waals surface area (Å²) in [7, 11) is 1.59. The van der Waals surface area contributed by atoms with Crippen molar-refractivity contribution >= 4 is 23.5 Å². The number of carboxylic acids is 1. The Kier molecular flexibility index (Phi) is 5.58. The van der Waals surface area contributed by atoms with Crippen molar-refractivity contribution < 1.29 is 19.5 Å². The first-order chi connectivity index (χ1) is 13.4. The van der Waals surface area contributed by atoms with E-state index in [1.807, 2.05) is 0 Å². The Morgan fingerprint density at radius 3 is 2.61 bits per heavy atom. The highest BCUT2D eigenvalue weighted by Crippen LogP contribution is 2.21. The molecule has 1 unspecified atom stereocenters. The molecule has 1 atom stereocenters. The average Bonchev–Trinajstić information content (AvgIpc) is 2.69. The number of hydrogen-bond donors (Lipinski definition) is 2. The predicted molar refractivity (Wildman–Crippen MR) is 102 cm³/mol. The standard InChI is InChI=1S/C20H21N3O5/c1-22-10-8-13(12-17(22)24)18(25)21-15-6-4-5-14(11-15)19(26)23-9-3-2-7-16(23)20(27)28/h4-6,8,10-12,16H,2-3,7,9H2,1H3,(H,21,25)(H,27,28). The molecular weight excluding hydrogens is 362 g/mol. The number of aliphatic carboxylic acids is 1. The highest BCUT2D eigenvalue weighted by atomic mass is 16.4. The summed E-state index contributed by atoms with van der Waals surface area (Å²) < 4.78 is 1.35. The smallest absolute Gasteiger partial charge is 0.326 e. The SMILES string of the molecule is Cn1ccc(C(=O)Nc2cccc(C(=O)N3CCCCC3C(=O)O)c2)cc1=O. The quantitative estimate of drug-likeness (QED) is 0.836. The van der Waals surface area contributed by atoms with Crippen LogP contribution in [0.3, 0.4) is 0 Å². The zero-order chi connectivity index (χ0) is 20.3. The first-order valence-corrected chi connectivity index (χ1v) is 8.98. The van der Waals surface area contributed by atoms with Crippen molar-refractivity contribution in [3.8, 4) is 0 Å². The minimum Gasteiger partial charge on any atom is -0.480 e. The molecule has 146 valence electrons. The van der Waals surface area contributed by atoms with Gasteiger partial charge in [0.15, 0.2) is 0 Å². The van der Waals surface area contributed by atoms with Gasteiger partial charge in [0, 0.05) is 42.7 Å². The number of benzene rings is 1. The molecule has 8 heteroatoms. The lowest BCUT2D eigenvalue weighted by molar-refractivity contribution is -0.143. The average molecular weight is 383 g/mol. The van der Waals surface area contributed by atoms with Gasteiger partial charge < -0.3 is 19.9 Å². The molecule has 0 aliphatic carbocycles. The Morgan fingerprint density at radius 2 is 1.89 bits per heavy atom. The molecule has 1 aromatic heterocycles. The highest BCUT2D eigenvalue weighted by Gasteiger charge is 2.32. The molecule has 0 saturated carbocycles. The van der Waals surface area contributed by atoms with Gasteiger partial charge in [-0.25, -0.2) is 4.79 Å². The maximum Gasteiger partial charge on any atom is 0.326 e. The maximum absolute atomic E-state index is 12.8. The van der Waals surface area contributed by atoms with Crippen LogP contribution in [-0.2, 0) is 11.8 Å². The topological polar surface area (TPSA) is 109 Å². The van der Waals surface area contributed by atoms with Crippen LogP contribution in [0.1, 0.15) is 40.0 Å². The first kappa shape index (κ1) is 19.3. The number of nitrogens with one attached hydrogen (secondary N) is 1. The van der Waals surface area contributed by atoms with E-state index in [0.29, 0.717) is 24.2 Å². The lowest BCUT2D eigenvalue weighted by Gasteiger charge is -2.33. The number of carboxylic acid groups (broad SMARTS) is 1. The van der Waals surface area contributed by atoms with Crippen molar-refractivity contribution in [2.24, 2.45) is 7.05 Å². The molecule has 2 N–H and O–H groups in total. The predicted octanol–water partition coefficient (Wildman–Crippen LogP) is 1.72. The van der Waals surface area contributed by atoms with E-state index in [1.54, 1.807) is 25.2 Å². The number of pyridine rings is 1. The van der Waals surface area contributed by atoms with Crippen LogP contribution in [0.15, 0.2) is 47.4 Å². The number of amides is 2. The molecule has 1 fully saturated rings. The first-order valence-electron chi connectivity index (χ1n) is 8.98. The van der Waals surface area contributed by atoms with Crippen LogP contribution in [0.4, 0.5) is 5.69 Å². The third-order valence-corrected chi connectivity index (χ3v) is 4.78. The van der Waals surface area contributed by atoms with Crippen molar-refractivity contribution in [2.45, 2.75) is 25.3 Å². The van der Waals surface area contributed by atoms with E-state index in [-0.39, 0.29) is 17.0 Å². The van der Waals surface area contributed by atoms with Crippen LogP contribution in [-0.4, -0.2) is 44.9 Å². The normalized spacial score (nSPS) is 16.5. The Bertz CT molecular complexity index is 982. The van der Waals surface area contributed by atoms with Gasteiger partial charge in [-0.2, -0.15) is 0 Å². The summed E-state index contributed by atoms with van der Waals surface area (Å²) >= 11 is 0. The lowest BCUT2D eigenvalue weighted by Crippen LogP contribution is -2.48. The number of piperidine rings is 1. The summed E-state index contributed by atoms with van der Waals surface area (Å²) in [5.41, 5.74) is 0.596. The van der Waals surface area contributed by atoms with Crippen molar-refractivity contribution in [2.75, 3.05) is 11.9 Å². The van der Waals surface area contributed by atoms with Crippen molar-refractivity contribution in [3.05, 3.63) is 64.1 Å². The number of rotatable bonds is 4. The molecule has 2 aromatic rings. The summed E-state index contributed by atoms with van der Waals surface area (Å²) in [6.45, 7) is 0.389. The van der Waals surface area contributed by atoms with Crippen LogP contribution >= 0.6 is 0 Å². The zero-order valence-corrected chi connectivity index (χ0v) is 15.4. The maximum atomic E-state index is 12.8. The van der Waals surface area contributed by atoms with Crippen LogP contribution < -0.4 is 10.9 Å². The Morgan fingerprint density at radius 1 is 1.11 bits per heavy atom. The molecule has 1 aromatic carbocycles. The second-order valence-electron chi connectivity index (χ2n) is 6.75. The number of carbonyl (C=O) groups excluding carboxylic acids is 2. The largest absolute Gasteiger partial charge is 0.480 e. The molecule has 8 nitrogen and oxygen atoms in total. The molecule has 1 aliphatic heterocycles. The lowest BCUT2D eigenvalue weighted by atomic mass is 10.0. The fourth-order valence-electron chi connectivity index (χ4n) is 3.22. The molecule has 2 heterocycles. The van der Waals surface area contributed by atoms with E-state index in [2.05, 4.69) is 5.32 Å². The van der Waals surface area contributed by atoms with E-state index >= 15 is 0 Å². The van der Waals surface area contributed by atoms with Gasteiger partial charge in [-0.3, -0.25) is 14.4 Å². The minimum atomic E-state index is -1.01. The summed E-state index contributed by atoms with van der Waals surface area (Å²) in [5, 5.41) is 12.0. The molecule has 1 saturated heterocycles. The van der Waals surface area contributed by atoms with Gasteiger partial charge in [-0.15, -0.1) is 0 Å². The van der Waals surface area contributed by atoms with Gasteiger partial charge in [0.25, 0.3) is 17.4 Å². The molecule has 0 spiro atoms. The summed E-state index contributed by atoms with van der Waals surface area (Å²) in [6.07, 6.45) is 3.46. The summed E-state index contributed by atoms with van der Waals surface area (Å²) in [4.78, 5) is 49.7. The van der Waals surface area contributed by atoms with Gasteiger partial charge in [0.1, 0.15) is 6.04 Å². The number of aromatic nitrogens is 1. The zero-order valence-electron chi connectivity index (χ0n) is 15.4. The van der Waals surface area contributed by atoms with Gasteiger partial charge in [0.2, 0.25) is 0 Å². The minimum absolute atomic E-state index is 0.210. The third kappa shape index (κ3) is 4.11. The highest BCUT2D eigenvalue weighted by molar-refractivity contribution is 6.05. The van der Waals surface area contributed by atoms with Crippen LogP contribution in [0.5, 0.6) is 0 Å². The Balaban J connectivity index is 1.78. The molecule has 0 bridgehead atoms. The summed E-state index contributed by atoms with van der Waals surface area (Å²) in [6, 6.07) is 8.26. The van der Waals surface area contributed by atoms with E-state index in [4.69, 9.17) is 0 Å². The van der Waals surface area contributed by atoms with Gasteiger partial charge in [-0.1, -0.05) is 6.07 Å². The van der Waals surface area contributed by atoms with Crippen LogP contribution in [0, 0.1) is 0 Å². The fourth-order valence-corrected chi connectivity index (χ4v) is 3.22. The van der Waals surface area contributed by atoms with Crippen molar-refractivity contribution in [3.63, 3.8) is 0 Å². The van der Waals surface area contributed by atoms with E-state index in [9.17, 15) is 24.3 Å². The molecule has 28 heavy (non-hydrogen) atoms. The number of hydrogen-bond acceptors (Lipinski definition) is 4. The fraction of sp³-hybridized carbons (Fsp3) is 0.300. The van der Waals surface area contributed by atoms with E-state index in [0.717, 1.165) is 12.8 Å². The van der Waals surface area contributed by atoms with Gasteiger partial charge in [0.05, 0.1) is 0 Å². The number of likely N-dealkylation sites (tertiary alicyclic amines) is 1. The summed E-state index contributed by atoms with van der Waals surface area (Å²) in [5.74, 6) is -1.86. The third-order valence-electron chi connectivity index (χ3n) is 4.78. The van der Waals surface area contributed by atoms with E-state index < -0.39 is 17.9 Å². The number of aryl methyl sites for hydroxylation is 1. The second kappa shape index (κ2) is 8.08. The number of nitrogens with zero attached hydrogens (tertiary/aromatic N) is 2. The monoisotopic (exact) mass is 383 g/mol. The van der Waals surface area contributed by atoms with Crippen LogP contribution in [0.2, 0.25) is 0 Å². The number of anilines is 1. The molecule has 3 rings (SSSR count). The molecule has 1 aliphatic rings. The van der Waals surface area contributed by atoms with Crippen molar-refractivity contribution in [1.29, 1.82) is 0 Å².